The predicted octanol–water partition coefficient (Wildman–Crippen LogP) is 1.12. The molecule has 1 aromatic carbocycles. The second-order valence-corrected chi connectivity index (χ2v) is 8.82. The van der Waals surface area contributed by atoms with Crippen molar-refractivity contribution in [2.24, 2.45) is 5.92 Å². The lowest BCUT2D eigenvalue weighted by Gasteiger charge is -2.24. The first-order chi connectivity index (χ1) is 12.4. The molecule has 1 saturated carbocycles. The third-order valence-electron chi connectivity index (χ3n) is 5.09. The number of carbonyl (C=O) groups is 2. The highest BCUT2D eigenvalue weighted by atomic mass is 32.2. The zero-order chi connectivity index (χ0) is 18.7. The van der Waals surface area contributed by atoms with Gasteiger partial charge in [-0.25, -0.2) is 13.1 Å². The molecular weight excluding hydrogens is 354 g/mol. The molecule has 0 unspecified atom stereocenters. The van der Waals surface area contributed by atoms with Gasteiger partial charge in [-0.05, 0) is 43.4 Å². The number of hydrogen-bond acceptors (Lipinski definition) is 4. The van der Waals surface area contributed by atoms with E-state index in [0.29, 0.717) is 11.5 Å². The summed E-state index contributed by atoms with van der Waals surface area (Å²) >= 11 is 0. The number of benzene rings is 1. The van der Waals surface area contributed by atoms with Crippen LogP contribution in [0.15, 0.2) is 29.2 Å². The average molecular weight is 379 g/mol. The van der Waals surface area contributed by atoms with Gasteiger partial charge < -0.3 is 10.2 Å². The van der Waals surface area contributed by atoms with Crippen molar-refractivity contribution >= 4 is 21.8 Å². The van der Waals surface area contributed by atoms with Gasteiger partial charge in [-0.1, -0.05) is 12.5 Å². The summed E-state index contributed by atoms with van der Waals surface area (Å²) in [6, 6.07) is 6.46. The third-order valence-corrected chi connectivity index (χ3v) is 6.55. The van der Waals surface area contributed by atoms with E-state index in [1.54, 1.807) is 12.1 Å². The highest BCUT2D eigenvalue weighted by Gasteiger charge is 2.38. The summed E-state index contributed by atoms with van der Waals surface area (Å²) in [4.78, 5) is 25.7. The number of amides is 2. The molecule has 2 bridgehead atoms. The second kappa shape index (κ2) is 7.75. The maximum absolute atomic E-state index is 12.9. The fourth-order valence-corrected chi connectivity index (χ4v) is 4.93. The van der Waals surface area contributed by atoms with Crippen molar-refractivity contribution in [2.45, 2.75) is 43.5 Å². The lowest BCUT2D eigenvalue weighted by Crippen LogP contribution is -2.35. The van der Waals surface area contributed by atoms with Crippen LogP contribution in [-0.4, -0.2) is 50.8 Å². The summed E-state index contributed by atoms with van der Waals surface area (Å²) in [7, 11) is -3.73. The van der Waals surface area contributed by atoms with Gasteiger partial charge in [0.05, 0.1) is 4.90 Å². The number of likely N-dealkylation sites (tertiary alicyclic amines) is 1. The maximum atomic E-state index is 12.9. The molecule has 2 N–H and O–H groups in total. The number of hydrogen-bond donors (Lipinski definition) is 2. The van der Waals surface area contributed by atoms with E-state index in [1.165, 1.54) is 25.5 Å². The Bertz CT molecular complexity index is 793. The van der Waals surface area contributed by atoms with Crippen LogP contribution < -0.4 is 10.0 Å². The topological polar surface area (TPSA) is 95.6 Å². The first-order valence-corrected chi connectivity index (χ1v) is 10.5. The summed E-state index contributed by atoms with van der Waals surface area (Å²) in [6.45, 7) is 2.45. The molecule has 1 aliphatic heterocycles. The maximum Gasteiger partial charge on any atom is 0.254 e. The summed E-state index contributed by atoms with van der Waals surface area (Å²) in [5.41, 5.74) is 0.405. The van der Waals surface area contributed by atoms with E-state index in [9.17, 15) is 18.0 Å². The summed E-state index contributed by atoms with van der Waals surface area (Å²) < 4.78 is 27.2. The Kier molecular flexibility index (Phi) is 5.62. The zero-order valence-electron chi connectivity index (χ0n) is 14.9. The van der Waals surface area contributed by atoms with Crippen LogP contribution >= 0.6 is 0 Å². The van der Waals surface area contributed by atoms with Gasteiger partial charge in [-0.15, -0.1) is 0 Å². The summed E-state index contributed by atoms with van der Waals surface area (Å²) in [5.74, 6) is 0.280. The van der Waals surface area contributed by atoms with Crippen LogP contribution in [0.1, 0.15) is 43.0 Å². The standard InChI is InChI=1S/C18H25N3O4S/c1-13(22)19-8-9-20-26(24,25)17-7-3-5-15(11-17)18(23)21-12-14-4-2-6-16(21)10-14/h3,5,7,11,14,16,20H,2,4,6,8-10,12H2,1H3,(H,19,22)/t14-,16+/m0/s1. The molecule has 26 heavy (non-hydrogen) atoms. The van der Waals surface area contributed by atoms with Gasteiger partial charge in [0.2, 0.25) is 15.9 Å². The van der Waals surface area contributed by atoms with Crippen LogP contribution in [0, 0.1) is 5.92 Å². The van der Waals surface area contributed by atoms with Gasteiger partial charge in [-0.3, -0.25) is 9.59 Å². The molecule has 0 radical (unpaired) electrons. The van der Waals surface area contributed by atoms with Gasteiger partial charge >= 0.3 is 0 Å². The molecule has 1 aromatic rings. The predicted molar refractivity (Wildman–Crippen MR) is 97.1 cm³/mol. The van der Waals surface area contributed by atoms with E-state index in [4.69, 9.17) is 0 Å². The van der Waals surface area contributed by atoms with Crippen molar-refractivity contribution in [1.29, 1.82) is 0 Å². The molecule has 0 aromatic heterocycles. The van der Waals surface area contributed by atoms with Gasteiger partial charge in [0.15, 0.2) is 0 Å². The van der Waals surface area contributed by atoms with E-state index in [1.807, 2.05) is 4.90 Å². The molecule has 1 aliphatic carbocycles. The average Bonchev–Trinajstić information content (AvgIpc) is 2.91. The Hall–Kier alpha value is -1.93. The van der Waals surface area contributed by atoms with Crippen LogP contribution in [0.25, 0.3) is 0 Å². The van der Waals surface area contributed by atoms with Gasteiger partial charge in [0.1, 0.15) is 0 Å². The fourth-order valence-electron chi connectivity index (χ4n) is 3.86. The Morgan fingerprint density at radius 2 is 2.04 bits per heavy atom. The minimum atomic E-state index is -3.73. The Morgan fingerprint density at radius 1 is 1.23 bits per heavy atom. The molecule has 2 amide bonds. The number of rotatable bonds is 6. The minimum absolute atomic E-state index is 0.0633. The first-order valence-electron chi connectivity index (χ1n) is 9.02. The monoisotopic (exact) mass is 379 g/mol. The smallest absolute Gasteiger partial charge is 0.254 e. The zero-order valence-corrected chi connectivity index (χ0v) is 15.7. The summed E-state index contributed by atoms with van der Waals surface area (Å²) in [5, 5.41) is 2.53. The van der Waals surface area contributed by atoms with Gasteiger partial charge in [-0.2, -0.15) is 0 Å². The number of carbonyl (C=O) groups excluding carboxylic acids is 2. The molecule has 3 rings (SSSR count). The second-order valence-electron chi connectivity index (χ2n) is 7.05. The lowest BCUT2D eigenvalue weighted by molar-refractivity contribution is -0.118. The minimum Gasteiger partial charge on any atom is -0.355 e. The highest BCUT2D eigenvalue weighted by Crippen LogP contribution is 2.36. The van der Waals surface area contributed by atoms with E-state index in [-0.39, 0.29) is 35.8 Å². The molecule has 2 fully saturated rings. The highest BCUT2D eigenvalue weighted by molar-refractivity contribution is 7.89. The van der Waals surface area contributed by atoms with E-state index < -0.39 is 10.0 Å². The van der Waals surface area contributed by atoms with Crippen LogP contribution in [-0.2, 0) is 14.8 Å². The van der Waals surface area contributed by atoms with E-state index >= 15 is 0 Å². The third kappa shape index (κ3) is 4.24. The van der Waals surface area contributed by atoms with Gasteiger partial charge in [0.25, 0.3) is 5.91 Å². The molecule has 1 saturated heterocycles. The van der Waals surface area contributed by atoms with Crippen molar-refractivity contribution in [1.82, 2.24) is 14.9 Å². The SMILES string of the molecule is CC(=O)NCCNS(=O)(=O)c1cccc(C(=O)N2C[C@H]3CCC[C@@H]2C3)c1. The molecule has 7 nitrogen and oxygen atoms in total. The van der Waals surface area contributed by atoms with Crippen LogP contribution in [0.2, 0.25) is 0 Å². The van der Waals surface area contributed by atoms with Crippen molar-refractivity contribution in [2.75, 3.05) is 19.6 Å². The number of fused-ring (bicyclic) bond motifs is 2. The molecule has 1 heterocycles. The number of sulfonamides is 1. The van der Waals surface area contributed by atoms with Crippen LogP contribution in [0.3, 0.4) is 0 Å². The normalized spacial score (nSPS) is 22.3. The van der Waals surface area contributed by atoms with E-state index in [2.05, 4.69) is 10.0 Å². The molecule has 2 atom stereocenters. The Balaban J connectivity index is 1.69. The van der Waals surface area contributed by atoms with Crippen molar-refractivity contribution in [3.8, 4) is 0 Å². The molecule has 0 spiro atoms. The van der Waals surface area contributed by atoms with E-state index in [0.717, 1.165) is 25.8 Å². The van der Waals surface area contributed by atoms with Crippen molar-refractivity contribution in [3.05, 3.63) is 29.8 Å². The van der Waals surface area contributed by atoms with Crippen LogP contribution in [0.5, 0.6) is 0 Å². The largest absolute Gasteiger partial charge is 0.355 e. The molecule has 8 heteroatoms. The Labute approximate surface area is 154 Å². The molecule has 2 aliphatic rings. The Morgan fingerprint density at radius 3 is 2.77 bits per heavy atom. The van der Waals surface area contributed by atoms with Crippen LogP contribution in [0.4, 0.5) is 0 Å². The summed E-state index contributed by atoms with van der Waals surface area (Å²) in [6.07, 6.45) is 4.43. The molecular formula is C18H25N3O4S. The lowest BCUT2D eigenvalue weighted by atomic mass is 9.90. The quantitative estimate of drug-likeness (QED) is 0.724. The first kappa shape index (κ1) is 18.8. The van der Waals surface area contributed by atoms with Crippen molar-refractivity contribution in [3.63, 3.8) is 0 Å². The van der Waals surface area contributed by atoms with Crippen molar-refractivity contribution < 1.29 is 18.0 Å². The number of nitrogens with zero attached hydrogens (tertiary/aromatic N) is 1. The van der Waals surface area contributed by atoms with Gasteiger partial charge in [0, 0.05) is 38.2 Å². The number of nitrogens with one attached hydrogen (secondary N) is 2. The fraction of sp³-hybridized carbons (Fsp3) is 0.556. The molecule has 142 valence electrons.